The number of aliphatic imine (C=N–C) groups is 1. The van der Waals surface area contributed by atoms with Crippen LogP contribution in [-0.4, -0.2) is 54.4 Å². The van der Waals surface area contributed by atoms with Crippen molar-refractivity contribution in [3.63, 3.8) is 0 Å². The zero-order chi connectivity index (χ0) is 19.1. The summed E-state index contributed by atoms with van der Waals surface area (Å²) in [6.07, 6.45) is 2.38. The lowest BCUT2D eigenvalue weighted by Crippen LogP contribution is -2.43. The molecule has 150 valence electrons. The lowest BCUT2D eigenvalue weighted by molar-refractivity contribution is 0.581. The molecule has 0 amide bonds. The molecule has 1 aromatic carbocycles. The summed E-state index contributed by atoms with van der Waals surface area (Å²) in [7, 11) is -5.02. The highest BCUT2D eigenvalue weighted by molar-refractivity contribution is 14.0. The minimum atomic E-state index is -3.67. The average Bonchev–Trinajstić information content (AvgIpc) is 2.51. The molecule has 0 aliphatic heterocycles. The van der Waals surface area contributed by atoms with Crippen molar-refractivity contribution in [3.05, 3.63) is 29.8 Å². The third kappa shape index (κ3) is 10.3. The van der Waals surface area contributed by atoms with E-state index < -0.39 is 19.9 Å². The van der Waals surface area contributed by atoms with Crippen molar-refractivity contribution in [2.24, 2.45) is 10.1 Å². The highest BCUT2D eigenvalue weighted by Gasteiger charge is 2.10. The van der Waals surface area contributed by atoms with Crippen molar-refractivity contribution in [3.8, 4) is 0 Å². The number of nitrogens with two attached hydrogens (primary N) is 1. The Labute approximate surface area is 173 Å². The van der Waals surface area contributed by atoms with Crippen molar-refractivity contribution < 1.29 is 16.8 Å². The molecule has 0 saturated carbocycles. The maximum atomic E-state index is 11.2. The number of benzene rings is 1. The van der Waals surface area contributed by atoms with E-state index in [1.165, 1.54) is 18.4 Å². The topological polar surface area (TPSA) is 131 Å². The van der Waals surface area contributed by atoms with Gasteiger partial charge in [-0.2, -0.15) is 0 Å². The fourth-order valence-corrected chi connectivity index (χ4v) is 3.36. The number of primary sulfonamides is 1. The summed E-state index contributed by atoms with van der Waals surface area (Å²) in [5.41, 5.74) is 0.959. The fraction of sp³-hybridized carbons (Fsp3) is 0.533. The maximum Gasteiger partial charge on any atom is 0.238 e. The molecule has 0 fully saturated rings. The quantitative estimate of drug-likeness (QED) is 0.261. The number of hydrogen-bond acceptors (Lipinski definition) is 5. The standard InChI is InChI=1S/C15H26N4O4S2.HI/c1-12(9-11-24(3,20)21)19-15(17-2)18-10-8-13-4-6-14(7-5-13)25(16,22)23;/h4-7,12H,8-11H2,1-3H3,(H2,16,22,23)(H2,17,18,19);1H. The minimum absolute atomic E-state index is 0. The van der Waals surface area contributed by atoms with Gasteiger partial charge in [0.1, 0.15) is 9.84 Å². The summed E-state index contributed by atoms with van der Waals surface area (Å²) in [6, 6.07) is 6.35. The van der Waals surface area contributed by atoms with Gasteiger partial charge in [-0.3, -0.25) is 4.99 Å². The zero-order valence-electron chi connectivity index (χ0n) is 15.1. The highest BCUT2D eigenvalue weighted by atomic mass is 127. The molecule has 1 atom stereocenters. The molecule has 0 aliphatic carbocycles. The molecule has 0 aliphatic rings. The lowest BCUT2D eigenvalue weighted by atomic mass is 10.1. The average molecular weight is 518 g/mol. The van der Waals surface area contributed by atoms with Crippen LogP contribution < -0.4 is 15.8 Å². The Morgan fingerprint density at radius 1 is 1.19 bits per heavy atom. The second-order valence-corrected chi connectivity index (χ2v) is 9.72. The van der Waals surface area contributed by atoms with E-state index in [0.717, 1.165) is 5.56 Å². The van der Waals surface area contributed by atoms with Crippen LogP contribution >= 0.6 is 24.0 Å². The van der Waals surface area contributed by atoms with Gasteiger partial charge in [0, 0.05) is 25.9 Å². The van der Waals surface area contributed by atoms with Crippen LogP contribution in [0.4, 0.5) is 0 Å². The van der Waals surface area contributed by atoms with Crippen LogP contribution in [0.3, 0.4) is 0 Å². The molecular formula is C15H27IN4O4S2. The van der Waals surface area contributed by atoms with Crippen molar-refractivity contribution in [2.75, 3.05) is 25.6 Å². The molecular weight excluding hydrogens is 491 g/mol. The number of guanidine groups is 1. The first-order valence-corrected chi connectivity index (χ1v) is 11.4. The van der Waals surface area contributed by atoms with Gasteiger partial charge in [-0.25, -0.2) is 22.0 Å². The van der Waals surface area contributed by atoms with E-state index in [2.05, 4.69) is 15.6 Å². The minimum Gasteiger partial charge on any atom is -0.356 e. The van der Waals surface area contributed by atoms with Gasteiger partial charge in [-0.15, -0.1) is 24.0 Å². The van der Waals surface area contributed by atoms with Gasteiger partial charge in [-0.05, 0) is 37.5 Å². The predicted molar refractivity (Wildman–Crippen MR) is 115 cm³/mol. The van der Waals surface area contributed by atoms with E-state index in [1.54, 1.807) is 19.2 Å². The Hall–Kier alpha value is -0.920. The predicted octanol–water partition coefficient (Wildman–Crippen LogP) is 0.483. The van der Waals surface area contributed by atoms with Crippen molar-refractivity contribution in [2.45, 2.75) is 30.7 Å². The van der Waals surface area contributed by atoms with Crippen LogP contribution in [0.1, 0.15) is 18.9 Å². The van der Waals surface area contributed by atoms with E-state index in [0.29, 0.717) is 25.3 Å². The van der Waals surface area contributed by atoms with E-state index in [1.807, 2.05) is 6.92 Å². The molecule has 0 bridgehead atoms. The second kappa shape index (κ2) is 11.0. The third-order valence-corrected chi connectivity index (χ3v) is 5.39. The number of hydrogen-bond donors (Lipinski definition) is 3. The number of rotatable bonds is 8. The van der Waals surface area contributed by atoms with Gasteiger partial charge >= 0.3 is 0 Å². The first-order valence-electron chi connectivity index (χ1n) is 7.78. The van der Waals surface area contributed by atoms with Gasteiger partial charge in [0.05, 0.1) is 10.6 Å². The Morgan fingerprint density at radius 3 is 2.23 bits per heavy atom. The Bertz CT molecular complexity index is 793. The lowest BCUT2D eigenvalue weighted by Gasteiger charge is -2.17. The maximum absolute atomic E-state index is 11.2. The molecule has 26 heavy (non-hydrogen) atoms. The van der Waals surface area contributed by atoms with Crippen LogP contribution in [0.2, 0.25) is 0 Å². The Balaban J connectivity index is 0.00000625. The molecule has 1 unspecified atom stereocenters. The number of sulfone groups is 1. The molecule has 1 aromatic rings. The van der Waals surface area contributed by atoms with Crippen LogP contribution in [0.15, 0.2) is 34.2 Å². The van der Waals surface area contributed by atoms with Crippen molar-refractivity contribution in [1.29, 1.82) is 0 Å². The highest BCUT2D eigenvalue weighted by Crippen LogP contribution is 2.08. The Morgan fingerprint density at radius 2 is 1.77 bits per heavy atom. The van der Waals surface area contributed by atoms with Gasteiger partial charge < -0.3 is 10.6 Å². The molecule has 0 saturated heterocycles. The van der Waals surface area contributed by atoms with Gasteiger partial charge in [0.15, 0.2) is 5.96 Å². The SMILES string of the molecule is CN=C(NCCc1ccc(S(N)(=O)=O)cc1)NC(C)CCS(C)(=O)=O.I. The fourth-order valence-electron chi connectivity index (χ4n) is 2.06. The van der Waals surface area contributed by atoms with E-state index in [-0.39, 0.29) is 40.7 Å². The number of nitrogens with one attached hydrogen (secondary N) is 2. The molecule has 1 rings (SSSR count). The van der Waals surface area contributed by atoms with Gasteiger partial charge in [0.2, 0.25) is 10.0 Å². The van der Waals surface area contributed by atoms with Crippen molar-refractivity contribution in [1.82, 2.24) is 10.6 Å². The zero-order valence-corrected chi connectivity index (χ0v) is 19.1. The van der Waals surface area contributed by atoms with Crippen LogP contribution in [-0.2, 0) is 26.3 Å². The Kier molecular flexibility index (Phi) is 10.7. The summed E-state index contributed by atoms with van der Waals surface area (Å²) in [4.78, 5) is 4.18. The largest absolute Gasteiger partial charge is 0.356 e. The first kappa shape index (κ1) is 25.1. The molecule has 11 heteroatoms. The molecule has 0 radical (unpaired) electrons. The molecule has 8 nitrogen and oxygen atoms in total. The van der Waals surface area contributed by atoms with Crippen LogP contribution in [0, 0.1) is 0 Å². The molecule has 0 heterocycles. The van der Waals surface area contributed by atoms with E-state index in [4.69, 9.17) is 5.14 Å². The number of sulfonamides is 1. The first-order chi connectivity index (χ1) is 11.5. The summed E-state index contributed by atoms with van der Waals surface area (Å²) >= 11 is 0. The smallest absolute Gasteiger partial charge is 0.238 e. The van der Waals surface area contributed by atoms with Crippen LogP contribution in [0.25, 0.3) is 0 Å². The molecule has 4 N–H and O–H groups in total. The summed E-state index contributed by atoms with van der Waals surface area (Å²) in [5.74, 6) is 0.705. The van der Waals surface area contributed by atoms with Crippen LogP contribution in [0.5, 0.6) is 0 Å². The third-order valence-electron chi connectivity index (χ3n) is 3.49. The summed E-state index contributed by atoms with van der Waals surface area (Å²) in [6.45, 7) is 2.48. The van der Waals surface area contributed by atoms with E-state index in [9.17, 15) is 16.8 Å². The van der Waals surface area contributed by atoms with Crippen molar-refractivity contribution >= 4 is 49.8 Å². The van der Waals surface area contributed by atoms with Gasteiger partial charge in [-0.1, -0.05) is 12.1 Å². The normalized spacial score (nSPS) is 13.6. The number of nitrogens with zero attached hydrogens (tertiary/aromatic N) is 1. The van der Waals surface area contributed by atoms with E-state index >= 15 is 0 Å². The van der Waals surface area contributed by atoms with Gasteiger partial charge in [0.25, 0.3) is 0 Å². The monoisotopic (exact) mass is 518 g/mol. The second-order valence-electron chi connectivity index (χ2n) is 5.90. The number of halogens is 1. The summed E-state index contributed by atoms with van der Waals surface area (Å²) in [5, 5.41) is 11.3. The molecule has 0 spiro atoms. The summed E-state index contributed by atoms with van der Waals surface area (Å²) < 4.78 is 44.8. The molecule has 0 aromatic heterocycles.